The molecule has 0 radical (unpaired) electrons. The van der Waals surface area contributed by atoms with Crippen LogP contribution in [0.3, 0.4) is 0 Å². The van der Waals surface area contributed by atoms with Crippen molar-refractivity contribution in [2.75, 3.05) is 17.2 Å². The van der Waals surface area contributed by atoms with Gasteiger partial charge < -0.3 is 10.6 Å². The summed E-state index contributed by atoms with van der Waals surface area (Å²) >= 11 is 1.65. The van der Waals surface area contributed by atoms with E-state index in [1.807, 2.05) is 11.4 Å². The Labute approximate surface area is 125 Å². The number of nitrogens with two attached hydrogens (primary N) is 1. The van der Waals surface area contributed by atoms with Crippen LogP contribution in [0.5, 0.6) is 0 Å². The van der Waals surface area contributed by atoms with Crippen LogP contribution in [0.1, 0.15) is 16.5 Å². The Morgan fingerprint density at radius 1 is 1.24 bits per heavy atom. The molecule has 1 atom stereocenters. The molecule has 1 unspecified atom stereocenters. The van der Waals surface area contributed by atoms with Gasteiger partial charge in [0.15, 0.2) is 0 Å². The van der Waals surface area contributed by atoms with Crippen LogP contribution in [0.4, 0.5) is 16.2 Å². The third-order valence-corrected chi connectivity index (χ3v) is 4.98. The molecule has 21 heavy (non-hydrogen) atoms. The summed E-state index contributed by atoms with van der Waals surface area (Å²) in [5.74, 6) is -0.190. The van der Waals surface area contributed by atoms with Crippen molar-refractivity contribution >= 4 is 34.6 Å². The highest BCUT2D eigenvalue weighted by Crippen LogP contribution is 2.40. The summed E-state index contributed by atoms with van der Waals surface area (Å²) in [7, 11) is 0. The van der Waals surface area contributed by atoms with E-state index in [0.29, 0.717) is 17.9 Å². The van der Waals surface area contributed by atoms with Crippen molar-refractivity contribution in [2.24, 2.45) is 0 Å². The van der Waals surface area contributed by atoms with Crippen LogP contribution in [0.15, 0.2) is 35.7 Å². The first kappa shape index (κ1) is 12.4. The van der Waals surface area contributed by atoms with Crippen LogP contribution in [0.25, 0.3) is 0 Å². The SMILES string of the molecule is Nc1cccc(N2C(=O)C3c4ccsc4CCN3C2=O)c1. The van der Waals surface area contributed by atoms with E-state index in [9.17, 15) is 9.59 Å². The first-order valence-electron chi connectivity index (χ1n) is 6.73. The van der Waals surface area contributed by atoms with E-state index in [4.69, 9.17) is 5.73 Å². The van der Waals surface area contributed by atoms with Crippen molar-refractivity contribution in [1.82, 2.24) is 4.90 Å². The summed E-state index contributed by atoms with van der Waals surface area (Å²) < 4.78 is 0. The van der Waals surface area contributed by atoms with Gasteiger partial charge in [0, 0.05) is 17.1 Å². The van der Waals surface area contributed by atoms with Gasteiger partial charge in [-0.05, 0) is 41.6 Å². The Hall–Kier alpha value is -2.34. The maximum absolute atomic E-state index is 12.7. The van der Waals surface area contributed by atoms with Gasteiger partial charge in [-0.1, -0.05) is 6.07 Å². The summed E-state index contributed by atoms with van der Waals surface area (Å²) in [5, 5.41) is 1.98. The van der Waals surface area contributed by atoms with Gasteiger partial charge in [0.05, 0.1) is 5.69 Å². The quantitative estimate of drug-likeness (QED) is 0.649. The third-order valence-electron chi connectivity index (χ3n) is 3.99. The average molecular weight is 299 g/mol. The predicted molar refractivity (Wildman–Crippen MR) is 81.2 cm³/mol. The zero-order chi connectivity index (χ0) is 14.6. The van der Waals surface area contributed by atoms with Crippen LogP contribution in [0.2, 0.25) is 0 Å². The lowest BCUT2D eigenvalue weighted by Crippen LogP contribution is -2.36. The van der Waals surface area contributed by atoms with Crippen molar-refractivity contribution in [2.45, 2.75) is 12.5 Å². The Kier molecular flexibility index (Phi) is 2.56. The van der Waals surface area contributed by atoms with Gasteiger partial charge in [0.1, 0.15) is 6.04 Å². The van der Waals surface area contributed by atoms with Gasteiger partial charge in [0.25, 0.3) is 5.91 Å². The molecule has 6 heteroatoms. The number of rotatable bonds is 1. The van der Waals surface area contributed by atoms with Gasteiger partial charge in [0.2, 0.25) is 0 Å². The number of hydrogen-bond acceptors (Lipinski definition) is 4. The highest BCUT2D eigenvalue weighted by Gasteiger charge is 2.49. The lowest BCUT2D eigenvalue weighted by molar-refractivity contribution is -0.120. The van der Waals surface area contributed by atoms with Crippen LogP contribution < -0.4 is 10.6 Å². The second-order valence-electron chi connectivity index (χ2n) is 5.20. The lowest BCUT2D eigenvalue weighted by Gasteiger charge is -2.26. The van der Waals surface area contributed by atoms with Crippen LogP contribution in [-0.4, -0.2) is 23.4 Å². The number of anilines is 2. The molecule has 1 fully saturated rings. The molecule has 1 aromatic carbocycles. The minimum atomic E-state index is -0.478. The Balaban J connectivity index is 1.80. The molecule has 1 saturated heterocycles. The van der Waals surface area contributed by atoms with E-state index in [0.717, 1.165) is 12.0 Å². The number of urea groups is 1. The van der Waals surface area contributed by atoms with Crippen molar-refractivity contribution in [3.05, 3.63) is 46.2 Å². The summed E-state index contributed by atoms with van der Waals surface area (Å²) in [6, 6.07) is 8.09. The largest absolute Gasteiger partial charge is 0.399 e. The molecule has 2 N–H and O–H groups in total. The predicted octanol–water partition coefficient (Wildman–Crippen LogP) is 2.40. The molecule has 3 amide bonds. The maximum atomic E-state index is 12.7. The Morgan fingerprint density at radius 2 is 2.10 bits per heavy atom. The van der Waals surface area contributed by atoms with Gasteiger partial charge in [-0.3, -0.25) is 4.79 Å². The molecular formula is C15H13N3O2S. The monoisotopic (exact) mass is 299 g/mol. The fourth-order valence-corrected chi connectivity index (χ4v) is 3.94. The molecule has 0 aliphatic carbocycles. The van der Waals surface area contributed by atoms with E-state index in [2.05, 4.69) is 0 Å². The molecule has 0 bridgehead atoms. The number of fused-ring (bicyclic) bond motifs is 3. The molecule has 5 nitrogen and oxygen atoms in total. The highest BCUT2D eigenvalue weighted by atomic mass is 32.1. The first-order valence-corrected chi connectivity index (χ1v) is 7.61. The standard InChI is InChI=1S/C15H13N3O2S/c16-9-2-1-3-10(8-9)18-14(19)13-11-5-7-21-12(11)4-6-17(13)15(18)20/h1-3,5,7-8,13H,4,6,16H2. The Morgan fingerprint density at radius 3 is 2.90 bits per heavy atom. The molecule has 4 rings (SSSR count). The molecule has 2 aliphatic rings. The summed E-state index contributed by atoms with van der Waals surface area (Å²) in [4.78, 5) is 29.4. The Bertz CT molecular complexity index is 755. The lowest BCUT2D eigenvalue weighted by atomic mass is 10.0. The normalized spacial score (nSPS) is 20.7. The molecule has 106 valence electrons. The smallest absolute Gasteiger partial charge is 0.332 e. The second-order valence-corrected chi connectivity index (χ2v) is 6.20. The number of carbonyl (C=O) groups is 2. The van der Waals surface area contributed by atoms with Crippen molar-refractivity contribution in [1.29, 1.82) is 0 Å². The third kappa shape index (κ3) is 1.69. The topological polar surface area (TPSA) is 66.6 Å². The highest BCUT2D eigenvalue weighted by molar-refractivity contribution is 7.10. The van der Waals surface area contributed by atoms with E-state index in [1.54, 1.807) is 40.5 Å². The van der Waals surface area contributed by atoms with Gasteiger partial charge in [-0.2, -0.15) is 0 Å². The van der Waals surface area contributed by atoms with Gasteiger partial charge in [-0.25, -0.2) is 9.69 Å². The number of amides is 3. The molecule has 3 heterocycles. The molecular weight excluding hydrogens is 286 g/mol. The minimum Gasteiger partial charge on any atom is -0.399 e. The fourth-order valence-electron chi connectivity index (χ4n) is 3.04. The van der Waals surface area contributed by atoms with Crippen LogP contribution in [-0.2, 0) is 11.2 Å². The second kappa shape index (κ2) is 4.33. The van der Waals surface area contributed by atoms with Crippen LogP contribution >= 0.6 is 11.3 Å². The summed E-state index contributed by atoms with van der Waals surface area (Å²) in [6.07, 6.45) is 0.813. The summed E-state index contributed by atoms with van der Waals surface area (Å²) in [5.41, 5.74) is 7.81. The van der Waals surface area contributed by atoms with E-state index < -0.39 is 6.04 Å². The number of nitrogens with zero attached hydrogens (tertiary/aromatic N) is 2. The van der Waals surface area contributed by atoms with Crippen molar-refractivity contribution in [3.63, 3.8) is 0 Å². The molecule has 0 saturated carbocycles. The van der Waals surface area contributed by atoms with E-state index in [1.165, 1.54) is 9.78 Å². The number of hydrogen-bond donors (Lipinski definition) is 1. The minimum absolute atomic E-state index is 0.190. The molecule has 1 aromatic heterocycles. The van der Waals surface area contributed by atoms with E-state index >= 15 is 0 Å². The summed E-state index contributed by atoms with van der Waals surface area (Å²) in [6.45, 7) is 0.585. The van der Waals surface area contributed by atoms with Crippen molar-refractivity contribution in [3.8, 4) is 0 Å². The van der Waals surface area contributed by atoms with E-state index in [-0.39, 0.29) is 11.9 Å². The number of nitrogen functional groups attached to an aromatic ring is 1. The van der Waals surface area contributed by atoms with Gasteiger partial charge >= 0.3 is 6.03 Å². The zero-order valence-corrected chi connectivity index (χ0v) is 12.0. The first-order chi connectivity index (χ1) is 10.2. The molecule has 2 aliphatic heterocycles. The number of benzene rings is 1. The molecule has 0 spiro atoms. The van der Waals surface area contributed by atoms with Gasteiger partial charge in [-0.15, -0.1) is 11.3 Å². The molecule has 2 aromatic rings. The number of thiophene rings is 1. The maximum Gasteiger partial charge on any atom is 0.332 e. The number of imide groups is 1. The zero-order valence-electron chi connectivity index (χ0n) is 11.2. The average Bonchev–Trinajstić information content (AvgIpc) is 3.02. The van der Waals surface area contributed by atoms with Crippen molar-refractivity contribution < 1.29 is 9.59 Å². The number of carbonyl (C=O) groups excluding carboxylic acids is 2. The van der Waals surface area contributed by atoms with Crippen LogP contribution in [0, 0.1) is 0 Å². The fraction of sp³-hybridized carbons (Fsp3) is 0.200.